The molecule has 0 aromatic heterocycles. The lowest BCUT2D eigenvalue weighted by molar-refractivity contribution is 0.145. The molecule has 3 heteroatoms. The third kappa shape index (κ3) is 4.41. The molecule has 20 heavy (non-hydrogen) atoms. The minimum Gasteiger partial charge on any atom is -0.494 e. The van der Waals surface area contributed by atoms with Crippen LogP contribution in [0.3, 0.4) is 0 Å². The number of ether oxygens (including phenoxy) is 2. The first-order chi connectivity index (χ1) is 9.83. The first-order valence-corrected chi connectivity index (χ1v) is 7.96. The number of nitrogens with one attached hydrogen (secondary N) is 1. The van der Waals surface area contributed by atoms with Crippen LogP contribution in [0.15, 0.2) is 24.3 Å². The number of hydrogen-bond donors (Lipinski definition) is 1. The van der Waals surface area contributed by atoms with Crippen LogP contribution in [-0.4, -0.2) is 25.3 Å². The summed E-state index contributed by atoms with van der Waals surface area (Å²) in [4.78, 5) is 0. The van der Waals surface area contributed by atoms with Crippen molar-refractivity contribution in [3.8, 4) is 11.5 Å². The standard InChI is InChI=1S/C17H27NO2/c1-3-18-16-8-6-5-7-9-17(16)20-15-12-10-14(11-13-15)19-4-2/h10-13,16-18H,3-9H2,1-2H3. The summed E-state index contributed by atoms with van der Waals surface area (Å²) in [7, 11) is 0. The Bertz CT molecular complexity index is 377. The number of benzene rings is 1. The summed E-state index contributed by atoms with van der Waals surface area (Å²) < 4.78 is 11.7. The van der Waals surface area contributed by atoms with Crippen molar-refractivity contribution in [1.29, 1.82) is 0 Å². The molecule has 0 radical (unpaired) electrons. The molecular weight excluding hydrogens is 250 g/mol. The van der Waals surface area contributed by atoms with E-state index >= 15 is 0 Å². The van der Waals surface area contributed by atoms with Crippen LogP contribution in [0.25, 0.3) is 0 Å². The van der Waals surface area contributed by atoms with Gasteiger partial charge in [0.05, 0.1) is 6.61 Å². The van der Waals surface area contributed by atoms with Crippen molar-refractivity contribution in [1.82, 2.24) is 5.32 Å². The van der Waals surface area contributed by atoms with Gasteiger partial charge in [-0.05, 0) is 57.0 Å². The van der Waals surface area contributed by atoms with E-state index in [1.807, 2.05) is 31.2 Å². The Morgan fingerprint density at radius 1 is 1.00 bits per heavy atom. The molecule has 1 aromatic rings. The van der Waals surface area contributed by atoms with Gasteiger partial charge >= 0.3 is 0 Å². The van der Waals surface area contributed by atoms with Crippen LogP contribution in [0.5, 0.6) is 11.5 Å². The van der Waals surface area contributed by atoms with Gasteiger partial charge in [0.1, 0.15) is 17.6 Å². The molecule has 0 aliphatic heterocycles. The van der Waals surface area contributed by atoms with Gasteiger partial charge in [-0.1, -0.05) is 19.8 Å². The largest absolute Gasteiger partial charge is 0.494 e. The lowest BCUT2D eigenvalue weighted by Crippen LogP contribution is -2.42. The summed E-state index contributed by atoms with van der Waals surface area (Å²) >= 11 is 0. The highest BCUT2D eigenvalue weighted by atomic mass is 16.5. The summed E-state index contributed by atoms with van der Waals surface area (Å²) in [6.45, 7) is 5.87. The van der Waals surface area contributed by atoms with Crippen LogP contribution in [0.1, 0.15) is 46.0 Å². The highest BCUT2D eigenvalue weighted by Crippen LogP contribution is 2.25. The van der Waals surface area contributed by atoms with E-state index in [1.54, 1.807) is 0 Å². The number of hydrogen-bond acceptors (Lipinski definition) is 3. The van der Waals surface area contributed by atoms with Gasteiger partial charge in [0.15, 0.2) is 0 Å². The summed E-state index contributed by atoms with van der Waals surface area (Å²) in [5.41, 5.74) is 0. The van der Waals surface area contributed by atoms with Crippen molar-refractivity contribution in [2.45, 2.75) is 58.1 Å². The van der Waals surface area contributed by atoms with Gasteiger partial charge in [-0.3, -0.25) is 0 Å². The van der Waals surface area contributed by atoms with Crippen molar-refractivity contribution in [2.24, 2.45) is 0 Å². The van der Waals surface area contributed by atoms with Crippen molar-refractivity contribution in [2.75, 3.05) is 13.2 Å². The van der Waals surface area contributed by atoms with Gasteiger partial charge in [0.25, 0.3) is 0 Å². The third-order valence-corrected chi connectivity index (χ3v) is 3.84. The molecule has 1 saturated carbocycles. The molecule has 1 aromatic carbocycles. The predicted molar refractivity (Wildman–Crippen MR) is 82.6 cm³/mol. The van der Waals surface area contributed by atoms with Crippen molar-refractivity contribution >= 4 is 0 Å². The van der Waals surface area contributed by atoms with Gasteiger partial charge in [0.2, 0.25) is 0 Å². The van der Waals surface area contributed by atoms with E-state index in [0.29, 0.717) is 12.6 Å². The second kappa shape index (κ2) is 8.15. The highest BCUT2D eigenvalue weighted by Gasteiger charge is 2.24. The molecule has 3 nitrogen and oxygen atoms in total. The van der Waals surface area contributed by atoms with Gasteiger partial charge in [-0.2, -0.15) is 0 Å². The smallest absolute Gasteiger partial charge is 0.120 e. The van der Waals surface area contributed by atoms with Gasteiger partial charge < -0.3 is 14.8 Å². The molecule has 2 rings (SSSR count). The van der Waals surface area contributed by atoms with E-state index in [1.165, 1.54) is 25.7 Å². The SMILES string of the molecule is CCNC1CCCCCC1Oc1ccc(OCC)cc1. The van der Waals surface area contributed by atoms with Crippen LogP contribution in [-0.2, 0) is 0 Å². The molecular formula is C17H27NO2. The molecule has 0 heterocycles. The summed E-state index contributed by atoms with van der Waals surface area (Å²) in [6.07, 6.45) is 6.55. The maximum atomic E-state index is 6.22. The molecule has 1 N–H and O–H groups in total. The zero-order valence-corrected chi connectivity index (χ0v) is 12.7. The van der Waals surface area contributed by atoms with E-state index in [-0.39, 0.29) is 6.10 Å². The molecule has 0 saturated heterocycles. The normalized spacial score (nSPS) is 23.1. The second-order valence-electron chi connectivity index (χ2n) is 5.36. The van der Waals surface area contributed by atoms with E-state index < -0.39 is 0 Å². The molecule has 112 valence electrons. The molecule has 1 aliphatic rings. The first kappa shape index (κ1) is 15.2. The Labute approximate surface area is 122 Å². The maximum Gasteiger partial charge on any atom is 0.120 e. The molecule has 2 unspecified atom stereocenters. The van der Waals surface area contributed by atoms with E-state index in [2.05, 4.69) is 12.2 Å². The Balaban J connectivity index is 1.97. The monoisotopic (exact) mass is 277 g/mol. The van der Waals surface area contributed by atoms with Crippen molar-refractivity contribution in [3.05, 3.63) is 24.3 Å². The zero-order valence-electron chi connectivity index (χ0n) is 12.7. The van der Waals surface area contributed by atoms with Gasteiger partial charge in [-0.25, -0.2) is 0 Å². The minimum atomic E-state index is 0.287. The summed E-state index contributed by atoms with van der Waals surface area (Å²) in [6, 6.07) is 8.47. The third-order valence-electron chi connectivity index (χ3n) is 3.84. The van der Waals surface area contributed by atoms with Gasteiger partial charge in [0, 0.05) is 6.04 Å². The lowest BCUT2D eigenvalue weighted by Gasteiger charge is -2.26. The summed E-state index contributed by atoms with van der Waals surface area (Å²) in [5.74, 6) is 1.85. The molecule has 0 amide bonds. The Morgan fingerprint density at radius 2 is 1.70 bits per heavy atom. The molecule has 1 aliphatic carbocycles. The van der Waals surface area contributed by atoms with Crippen LogP contribution in [0.2, 0.25) is 0 Å². The number of rotatable bonds is 6. The molecule has 2 atom stereocenters. The fourth-order valence-electron chi connectivity index (χ4n) is 2.87. The first-order valence-electron chi connectivity index (χ1n) is 7.96. The highest BCUT2D eigenvalue weighted by molar-refractivity contribution is 5.31. The predicted octanol–water partition coefficient (Wildman–Crippen LogP) is 3.77. The Hall–Kier alpha value is -1.22. The molecule has 0 spiro atoms. The Morgan fingerprint density at radius 3 is 2.40 bits per heavy atom. The Kier molecular flexibility index (Phi) is 6.19. The zero-order chi connectivity index (χ0) is 14.2. The quantitative estimate of drug-likeness (QED) is 0.803. The minimum absolute atomic E-state index is 0.287. The molecule has 1 fully saturated rings. The lowest BCUT2D eigenvalue weighted by atomic mass is 10.1. The van der Waals surface area contributed by atoms with Crippen molar-refractivity contribution < 1.29 is 9.47 Å². The van der Waals surface area contributed by atoms with Gasteiger partial charge in [-0.15, -0.1) is 0 Å². The fourth-order valence-corrected chi connectivity index (χ4v) is 2.87. The topological polar surface area (TPSA) is 30.5 Å². The summed E-state index contributed by atoms with van der Waals surface area (Å²) in [5, 5.41) is 3.58. The second-order valence-corrected chi connectivity index (χ2v) is 5.36. The average molecular weight is 277 g/mol. The maximum absolute atomic E-state index is 6.22. The fraction of sp³-hybridized carbons (Fsp3) is 0.647. The van der Waals surface area contributed by atoms with Crippen LogP contribution >= 0.6 is 0 Å². The van der Waals surface area contributed by atoms with E-state index in [0.717, 1.165) is 24.5 Å². The molecule has 0 bridgehead atoms. The van der Waals surface area contributed by atoms with E-state index in [4.69, 9.17) is 9.47 Å². The van der Waals surface area contributed by atoms with Crippen LogP contribution in [0, 0.1) is 0 Å². The van der Waals surface area contributed by atoms with Crippen LogP contribution in [0.4, 0.5) is 0 Å². The van der Waals surface area contributed by atoms with Crippen molar-refractivity contribution in [3.63, 3.8) is 0 Å². The average Bonchev–Trinajstić information content (AvgIpc) is 2.68. The van der Waals surface area contributed by atoms with E-state index in [9.17, 15) is 0 Å². The van der Waals surface area contributed by atoms with Crippen LogP contribution < -0.4 is 14.8 Å². The number of likely N-dealkylation sites (N-methyl/N-ethyl adjacent to an activating group) is 1.